The first-order chi connectivity index (χ1) is 15.8. The second-order valence-corrected chi connectivity index (χ2v) is 9.36. The number of rotatable bonds is 10. The summed E-state index contributed by atoms with van der Waals surface area (Å²) in [7, 11) is 0. The first-order valence-corrected chi connectivity index (χ1v) is 11.8. The number of carbonyl (C=O) groups excluding carboxylic acids is 2. The summed E-state index contributed by atoms with van der Waals surface area (Å²) in [5.74, 6) is -0.983. The number of nitrogens with one attached hydrogen (secondary N) is 1. The van der Waals surface area contributed by atoms with E-state index < -0.39 is 17.9 Å². The number of ketones is 1. The van der Waals surface area contributed by atoms with Gasteiger partial charge in [0.05, 0.1) is 5.69 Å². The molecule has 1 heterocycles. The Hall–Kier alpha value is -3.32. The molecular formula is C26H28N2O4S. The molecule has 0 radical (unpaired) electrons. The monoisotopic (exact) mass is 464 g/mol. The summed E-state index contributed by atoms with van der Waals surface area (Å²) in [6.07, 6.45) is 1.89. The van der Waals surface area contributed by atoms with Crippen LogP contribution in [0.3, 0.4) is 0 Å². The van der Waals surface area contributed by atoms with Crippen molar-refractivity contribution >= 4 is 29.4 Å². The lowest BCUT2D eigenvalue weighted by Gasteiger charge is -2.18. The van der Waals surface area contributed by atoms with Crippen molar-refractivity contribution < 1.29 is 19.5 Å². The maximum atomic E-state index is 12.9. The highest BCUT2D eigenvalue weighted by Gasteiger charge is 2.24. The number of carboxylic acid groups (broad SMARTS) is 1. The van der Waals surface area contributed by atoms with Crippen molar-refractivity contribution in [1.29, 1.82) is 0 Å². The van der Waals surface area contributed by atoms with E-state index in [9.17, 15) is 19.5 Å². The van der Waals surface area contributed by atoms with Crippen LogP contribution >= 0.6 is 11.8 Å². The van der Waals surface area contributed by atoms with E-state index in [1.54, 1.807) is 43.8 Å². The normalized spacial score (nSPS) is 11.9. The van der Waals surface area contributed by atoms with Crippen LogP contribution in [0.25, 0.3) is 0 Å². The summed E-state index contributed by atoms with van der Waals surface area (Å²) in [5.41, 5.74) is 2.83. The Labute approximate surface area is 198 Å². The van der Waals surface area contributed by atoms with Gasteiger partial charge in [0.15, 0.2) is 0 Å². The van der Waals surface area contributed by atoms with Gasteiger partial charge in [-0.15, -0.1) is 11.8 Å². The van der Waals surface area contributed by atoms with E-state index in [1.807, 2.05) is 60.2 Å². The zero-order chi connectivity index (χ0) is 24.0. The van der Waals surface area contributed by atoms with E-state index in [2.05, 4.69) is 5.32 Å². The van der Waals surface area contributed by atoms with Crippen LogP contribution in [0.1, 0.15) is 45.8 Å². The predicted molar refractivity (Wildman–Crippen MR) is 130 cm³/mol. The highest BCUT2D eigenvalue weighted by atomic mass is 32.2. The average molecular weight is 465 g/mol. The number of hydrogen-bond acceptors (Lipinski definition) is 4. The van der Waals surface area contributed by atoms with Crippen molar-refractivity contribution in [2.75, 3.05) is 5.75 Å². The molecule has 1 atom stereocenters. The maximum absolute atomic E-state index is 12.9. The van der Waals surface area contributed by atoms with Gasteiger partial charge >= 0.3 is 5.97 Å². The topological polar surface area (TPSA) is 88.4 Å². The van der Waals surface area contributed by atoms with E-state index >= 15 is 0 Å². The van der Waals surface area contributed by atoms with Gasteiger partial charge in [0.2, 0.25) is 5.78 Å². The quantitative estimate of drug-likeness (QED) is 0.337. The molecule has 0 saturated carbocycles. The standard InChI is InChI=1S/C26H28N2O4S/c1-17(2)23(26(31)32)27-25(30)20-6-4-7-21(16-20)33-15-14-28-13-5-8-22(28)24(29)19-11-9-18(3)10-12-19/h4-13,16-17,23H,14-15H2,1-3H3,(H,27,30)(H,31,32)/t23-/m0/s1. The molecule has 2 aromatic carbocycles. The van der Waals surface area contributed by atoms with Crippen molar-refractivity contribution in [3.05, 3.63) is 89.2 Å². The van der Waals surface area contributed by atoms with Crippen LogP contribution < -0.4 is 5.32 Å². The van der Waals surface area contributed by atoms with Crippen LogP contribution in [-0.4, -0.2) is 39.1 Å². The fraction of sp³-hybridized carbons (Fsp3) is 0.269. The number of aryl methyl sites for hydroxylation is 2. The third-order valence-corrected chi connectivity index (χ3v) is 6.27. The minimum absolute atomic E-state index is 0.0122. The third kappa shape index (κ3) is 6.35. The summed E-state index contributed by atoms with van der Waals surface area (Å²) in [6.45, 7) is 6.13. The molecule has 1 aromatic heterocycles. The number of hydrogen-bond donors (Lipinski definition) is 2. The number of aliphatic carboxylic acids is 1. The van der Waals surface area contributed by atoms with Gasteiger partial charge in [-0.25, -0.2) is 4.79 Å². The molecule has 6 nitrogen and oxygen atoms in total. The van der Waals surface area contributed by atoms with Crippen LogP contribution in [-0.2, 0) is 11.3 Å². The molecule has 7 heteroatoms. The molecule has 0 aliphatic carbocycles. The van der Waals surface area contributed by atoms with Crippen molar-refractivity contribution in [3.8, 4) is 0 Å². The number of carboxylic acids is 1. The van der Waals surface area contributed by atoms with Gasteiger partial charge in [-0.3, -0.25) is 9.59 Å². The molecule has 172 valence electrons. The van der Waals surface area contributed by atoms with Gasteiger partial charge < -0.3 is 15.0 Å². The minimum Gasteiger partial charge on any atom is -0.480 e. The summed E-state index contributed by atoms with van der Waals surface area (Å²) < 4.78 is 1.94. The Morgan fingerprint density at radius 3 is 2.39 bits per heavy atom. The molecule has 0 saturated heterocycles. The maximum Gasteiger partial charge on any atom is 0.326 e. The molecule has 2 N–H and O–H groups in total. The summed E-state index contributed by atoms with van der Waals surface area (Å²) in [4.78, 5) is 37.7. The number of benzene rings is 2. The predicted octanol–water partition coefficient (Wildman–Crippen LogP) is 4.66. The van der Waals surface area contributed by atoms with Crippen LogP contribution in [0.5, 0.6) is 0 Å². The van der Waals surface area contributed by atoms with Crippen LogP contribution in [0.15, 0.2) is 71.8 Å². The van der Waals surface area contributed by atoms with Gasteiger partial charge in [-0.05, 0) is 43.2 Å². The zero-order valence-corrected chi connectivity index (χ0v) is 19.8. The molecule has 0 unspecified atom stereocenters. The molecule has 3 aromatic rings. The molecule has 0 fully saturated rings. The van der Waals surface area contributed by atoms with Crippen molar-refractivity contribution in [3.63, 3.8) is 0 Å². The zero-order valence-electron chi connectivity index (χ0n) is 18.9. The lowest BCUT2D eigenvalue weighted by molar-refractivity contribution is -0.140. The summed E-state index contributed by atoms with van der Waals surface area (Å²) >= 11 is 1.57. The number of nitrogens with zero attached hydrogens (tertiary/aromatic N) is 1. The molecular weight excluding hydrogens is 436 g/mol. The highest BCUT2D eigenvalue weighted by Crippen LogP contribution is 2.21. The van der Waals surface area contributed by atoms with Crippen molar-refractivity contribution in [2.24, 2.45) is 5.92 Å². The number of carbonyl (C=O) groups is 3. The second-order valence-electron chi connectivity index (χ2n) is 8.19. The SMILES string of the molecule is Cc1ccc(C(=O)c2cccn2CCSc2cccc(C(=O)N[C@H](C(=O)O)C(C)C)c2)cc1. The second kappa shape index (κ2) is 11.0. The minimum atomic E-state index is -1.05. The Balaban J connectivity index is 1.62. The number of aromatic nitrogens is 1. The van der Waals surface area contributed by atoms with Crippen LogP contribution in [0.2, 0.25) is 0 Å². The molecule has 0 aliphatic rings. The van der Waals surface area contributed by atoms with Crippen LogP contribution in [0, 0.1) is 12.8 Å². The van der Waals surface area contributed by atoms with E-state index in [1.165, 1.54) is 0 Å². The molecule has 33 heavy (non-hydrogen) atoms. The first-order valence-electron chi connectivity index (χ1n) is 10.8. The van der Waals surface area contributed by atoms with Crippen molar-refractivity contribution in [1.82, 2.24) is 9.88 Å². The highest BCUT2D eigenvalue weighted by molar-refractivity contribution is 7.99. The Morgan fingerprint density at radius 1 is 1.00 bits per heavy atom. The van der Waals surface area contributed by atoms with Gasteiger partial charge in [0, 0.05) is 34.5 Å². The average Bonchev–Trinajstić information content (AvgIpc) is 3.25. The molecule has 0 aliphatic heterocycles. The van der Waals surface area contributed by atoms with E-state index in [0.717, 1.165) is 10.5 Å². The lowest BCUT2D eigenvalue weighted by Crippen LogP contribution is -2.44. The van der Waals surface area contributed by atoms with Gasteiger partial charge in [-0.1, -0.05) is 49.7 Å². The summed E-state index contributed by atoms with van der Waals surface area (Å²) in [6, 6.07) is 17.4. The first kappa shape index (κ1) is 24.3. The smallest absolute Gasteiger partial charge is 0.326 e. The lowest BCUT2D eigenvalue weighted by atomic mass is 10.0. The molecule has 1 amide bonds. The number of thioether (sulfide) groups is 1. The Kier molecular flexibility index (Phi) is 8.11. The van der Waals surface area contributed by atoms with Gasteiger partial charge in [0.1, 0.15) is 6.04 Å². The van der Waals surface area contributed by atoms with Crippen molar-refractivity contribution in [2.45, 2.75) is 38.3 Å². The van der Waals surface area contributed by atoms with E-state index in [-0.39, 0.29) is 11.7 Å². The van der Waals surface area contributed by atoms with Gasteiger partial charge in [-0.2, -0.15) is 0 Å². The van der Waals surface area contributed by atoms with Gasteiger partial charge in [0.25, 0.3) is 5.91 Å². The molecule has 3 rings (SSSR count). The Morgan fingerprint density at radius 2 is 1.73 bits per heavy atom. The number of amides is 1. The largest absolute Gasteiger partial charge is 0.480 e. The summed E-state index contributed by atoms with van der Waals surface area (Å²) in [5, 5.41) is 11.9. The molecule has 0 bridgehead atoms. The van der Waals surface area contributed by atoms with E-state index in [0.29, 0.717) is 29.1 Å². The molecule has 0 spiro atoms. The fourth-order valence-corrected chi connectivity index (χ4v) is 4.30. The van der Waals surface area contributed by atoms with E-state index in [4.69, 9.17) is 0 Å². The van der Waals surface area contributed by atoms with Crippen LogP contribution in [0.4, 0.5) is 0 Å². The third-order valence-electron chi connectivity index (χ3n) is 5.29. The Bertz CT molecular complexity index is 1140. The fourth-order valence-electron chi connectivity index (χ4n) is 3.40.